The summed E-state index contributed by atoms with van der Waals surface area (Å²) >= 11 is 1.60. The Bertz CT molecular complexity index is 717. The third-order valence-electron chi connectivity index (χ3n) is 3.51. The number of rotatable bonds is 9. The van der Waals surface area contributed by atoms with Crippen LogP contribution in [0.3, 0.4) is 0 Å². The van der Waals surface area contributed by atoms with Crippen LogP contribution in [0.15, 0.2) is 41.8 Å². The fourth-order valence-corrected chi connectivity index (χ4v) is 2.88. The van der Waals surface area contributed by atoms with Gasteiger partial charge in [0, 0.05) is 17.1 Å². The van der Waals surface area contributed by atoms with Crippen molar-refractivity contribution >= 4 is 35.4 Å². The lowest BCUT2D eigenvalue weighted by molar-refractivity contribution is -0.118. The smallest absolute Gasteiger partial charge is 0.410 e. The van der Waals surface area contributed by atoms with E-state index in [9.17, 15) is 14.4 Å². The summed E-state index contributed by atoms with van der Waals surface area (Å²) in [6, 6.07) is 10.9. The van der Waals surface area contributed by atoms with Crippen molar-refractivity contribution in [1.82, 2.24) is 10.2 Å². The second kappa shape index (κ2) is 10.2. The molecule has 138 valence electrons. The number of hydrogen-bond donors (Lipinski definition) is 2. The summed E-state index contributed by atoms with van der Waals surface area (Å²) in [5.41, 5.74) is 1.42. The summed E-state index contributed by atoms with van der Waals surface area (Å²) in [7, 11) is 0. The zero-order valence-corrected chi connectivity index (χ0v) is 15.3. The van der Waals surface area contributed by atoms with Gasteiger partial charge in [0.15, 0.2) is 0 Å². The molecule has 0 aliphatic rings. The average molecular weight is 375 g/mol. The van der Waals surface area contributed by atoms with E-state index < -0.39 is 0 Å². The van der Waals surface area contributed by atoms with Crippen LogP contribution in [0.1, 0.15) is 17.4 Å². The van der Waals surface area contributed by atoms with E-state index in [1.165, 1.54) is 0 Å². The Labute approximate surface area is 156 Å². The molecule has 0 atom stereocenters. The summed E-state index contributed by atoms with van der Waals surface area (Å²) < 4.78 is 5.36. The fraction of sp³-hybridized carbons (Fsp3) is 0.278. The minimum absolute atomic E-state index is 0.0834. The van der Waals surface area contributed by atoms with Crippen molar-refractivity contribution < 1.29 is 19.1 Å². The summed E-state index contributed by atoms with van der Waals surface area (Å²) in [4.78, 5) is 36.6. The molecule has 3 amide bonds. The van der Waals surface area contributed by atoms with Crippen molar-refractivity contribution in [2.75, 3.05) is 18.4 Å². The first kappa shape index (κ1) is 19.5. The molecule has 0 saturated carbocycles. The number of thiophene rings is 1. The van der Waals surface area contributed by atoms with Gasteiger partial charge < -0.3 is 20.3 Å². The molecule has 8 heteroatoms. The first-order valence-electron chi connectivity index (χ1n) is 8.12. The molecular weight excluding hydrogens is 354 g/mol. The van der Waals surface area contributed by atoms with E-state index in [0.29, 0.717) is 25.2 Å². The first-order valence-corrected chi connectivity index (χ1v) is 9.00. The molecule has 2 rings (SSSR count). The number of carbonyl (C=O) groups excluding carboxylic acids is 3. The Morgan fingerprint density at radius 3 is 2.62 bits per heavy atom. The number of ether oxygens (including phenoxy) is 1. The maximum Gasteiger partial charge on any atom is 0.410 e. The highest BCUT2D eigenvalue weighted by Gasteiger charge is 2.14. The number of nitrogens with zero attached hydrogens (tertiary/aromatic N) is 1. The number of hydrogen-bond acceptors (Lipinski definition) is 5. The summed E-state index contributed by atoms with van der Waals surface area (Å²) in [5, 5.41) is 6.91. The van der Waals surface area contributed by atoms with Crippen molar-refractivity contribution in [3.05, 3.63) is 52.2 Å². The predicted octanol–water partition coefficient (Wildman–Crippen LogP) is 2.59. The summed E-state index contributed by atoms with van der Waals surface area (Å²) in [5.74, 6) is -0.316. The van der Waals surface area contributed by atoms with Crippen LogP contribution in [0, 0.1) is 0 Å². The Morgan fingerprint density at radius 2 is 2.00 bits per heavy atom. The van der Waals surface area contributed by atoms with Gasteiger partial charge in [-0.05, 0) is 36.1 Å². The summed E-state index contributed by atoms with van der Waals surface area (Å²) in [6.07, 6.45) is 0.105. The van der Waals surface area contributed by atoms with E-state index in [1.807, 2.05) is 24.4 Å². The van der Waals surface area contributed by atoms with Crippen LogP contribution in [0.5, 0.6) is 0 Å². The molecule has 0 bridgehead atoms. The minimum Gasteiger partial charge on any atom is -0.445 e. The minimum atomic E-state index is -0.363. The Balaban J connectivity index is 1.81. The second-order valence-corrected chi connectivity index (χ2v) is 6.42. The molecule has 0 radical (unpaired) electrons. The third kappa shape index (κ3) is 6.21. The largest absolute Gasteiger partial charge is 0.445 e. The summed E-state index contributed by atoms with van der Waals surface area (Å²) in [6.45, 7) is 3.08. The van der Waals surface area contributed by atoms with Gasteiger partial charge in [-0.25, -0.2) is 4.79 Å². The molecule has 2 aromatic rings. The van der Waals surface area contributed by atoms with Gasteiger partial charge in [-0.1, -0.05) is 18.2 Å². The molecule has 1 heterocycles. The van der Waals surface area contributed by atoms with Crippen LogP contribution in [0.4, 0.5) is 10.5 Å². The Kier molecular flexibility index (Phi) is 7.63. The normalized spacial score (nSPS) is 10.0. The van der Waals surface area contributed by atoms with Crippen LogP contribution < -0.4 is 10.6 Å². The van der Waals surface area contributed by atoms with Crippen molar-refractivity contribution in [2.45, 2.75) is 20.1 Å². The van der Waals surface area contributed by atoms with Crippen LogP contribution in [0.2, 0.25) is 0 Å². The van der Waals surface area contributed by atoms with Gasteiger partial charge in [-0.15, -0.1) is 11.3 Å². The molecule has 1 aromatic heterocycles. The molecule has 7 nitrogen and oxygen atoms in total. The van der Waals surface area contributed by atoms with Crippen LogP contribution in [-0.4, -0.2) is 36.4 Å². The maximum atomic E-state index is 12.2. The fourth-order valence-electron chi connectivity index (χ4n) is 2.16. The van der Waals surface area contributed by atoms with Gasteiger partial charge in [0.25, 0.3) is 0 Å². The van der Waals surface area contributed by atoms with E-state index in [4.69, 9.17) is 4.74 Å². The SMILES string of the molecule is CCN(Cc1cccs1)C(=O)OCc1ccc(NC(=O)CNC=O)cc1. The lowest BCUT2D eigenvalue weighted by Gasteiger charge is -2.19. The standard InChI is InChI=1S/C18H21N3O4S/c1-2-21(11-16-4-3-9-26-16)18(24)25-12-14-5-7-15(8-6-14)20-17(23)10-19-13-22/h3-9,13H,2,10-12H2,1H3,(H,19,22)(H,20,23). The van der Waals surface area contributed by atoms with Crippen LogP contribution in [-0.2, 0) is 27.5 Å². The molecule has 0 saturated heterocycles. The van der Waals surface area contributed by atoms with Gasteiger partial charge in [0.2, 0.25) is 12.3 Å². The molecule has 0 fully saturated rings. The Morgan fingerprint density at radius 1 is 1.23 bits per heavy atom. The number of benzene rings is 1. The number of carbonyl (C=O) groups is 3. The van der Waals surface area contributed by atoms with Crippen molar-refractivity contribution in [3.8, 4) is 0 Å². The molecule has 0 spiro atoms. The number of anilines is 1. The van der Waals surface area contributed by atoms with Gasteiger partial charge in [0.05, 0.1) is 13.1 Å². The number of nitrogens with one attached hydrogen (secondary N) is 2. The highest BCUT2D eigenvalue weighted by Crippen LogP contribution is 2.14. The lowest BCUT2D eigenvalue weighted by atomic mass is 10.2. The van der Waals surface area contributed by atoms with E-state index in [-0.39, 0.29) is 25.2 Å². The molecule has 0 aliphatic carbocycles. The zero-order valence-electron chi connectivity index (χ0n) is 14.4. The van der Waals surface area contributed by atoms with E-state index in [0.717, 1.165) is 10.4 Å². The van der Waals surface area contributed by atoms with E-state index >= 15 is 0 Å². The second-order valence-electron chi connectivity index (χ2n) is 5.39. The first-order chi connectivity index (χ1) is 12.6. The molecule has 0 aliphatic heterocycles. The van der Waals surface area contributed by atoms with Gasteiger partial charge in [-0.2, -0.15) is 0 Å². The topological polar surface area (TPSA) is 87.7 Å². The van der Waals surface area contributed by atoms with Gasteiger partial charge in [-0.3, -0.25) is 9.59 Å². The molecule has 26 heavy (non-hydrogen) atoms. The third-order valence-corrected chi connectivity index (χ3v) is 4.37. The predicted molar refractivity (Wildman–Crippen MR) is 99.7 cm³/mol. The molecule has 0 unspecified atom stereocenters. The Hall–Kier alpha value is -2.87. The molecular formula is C18H21N3O4S. The monoisotopic (exact) mass is 375 g/mol. The van der Waals surface area contributed by atoms with Crippen molar-refractivity contribution in [3.63, 3.8) is 0 Å². The van der Waals surface area contributed by atoms with Crippen LogP contribution in [0.25, 0.3) is 0 Å². The van der Waals surface area contributed by atoms with E-state index in [1.54, 1.807) is 40.5 Å². The van der Waals surface area contributed by atoms with E-state index in [2.05, 4.69) is 10.6 Å². The number of amides is 3. The highest BCUT2D eigenvalue weighted by atomic mass is 32.1. The molecule has 2 N–H and O–H groups in total. The lowest BCUT2D eigenvalue weighted by Crippen LogP contribution is -2.30. The highest BCUT2D eigenvalue weighted by molar-refractivity contribution is 7.09. The quantitative estimate of drug-likeness (QED) is 0.660. The van der Waals surface area contributed by atoms with Gasteiger partial charge >= 0.3 is 6.09 Å². The van der Waals surface area contributed by atoms with Crippen LogP contribution >= 0.6 is 11.3 Å². The molecule has 1 aromatic carbocycles. The zero-order chi connectivity index (χ0) is 18.8. The maximum absolute atomic E-state index is 12.2. The average Bonchev–Trinajstić information content (AvgIpc) is 3.16. The van der Waals surface area contributed by atoms with Crippen molar-refractivity contribution in [2.24, 2.45) is 0 Å². The van der Waals surface area contributed by atoms with Gasteiger partial charge in [0.1, 0.15) is 6.61 Å². The van der Waals surface area contributed by atoms with Crippen molar-refractivity contribution in [1.29, 1.82) is 0 Å².